The Morgan fingerprint density at radius 1 is 1.00 bits per heavy atom. The number of carbonyl (C=O) groups excluding carboxylic acids is 2. The molecule has 0 aliphatic rings. The molecule has 0 atom stereocenters. The summed E-state index contributed by atoms with van der Waals surface area (Å²) in [5.41, 5.74) is 4.05. The Labute approximate surface area is 146 Å². The molecule has 0 spiro atoms. The number of fused-ring (bicyclic) bond motifs is 1. The SMILES string of the molecule is CCC(=O)Nc1cccc(NC(=O)Cc2coc3cc(C)ccc23)c1. The first-order valence-electron chi connectivity index (χ1n) is 8.21. The maximum Gasteiger partial charge on any atom is 0.228 e. The number of nitrogens with one attached hydrogen (secondary N) is 2. The second-order valence-electron chi connectivity index (χ2n) is 5.97. The number of furan rings is 1. The Kier molecular flexibility index (Phi) is 4.84. The average molecular weight is 336 g/mol. The lowest BCUT2D eigenvalue weighted by molar-refractivity contribution is -0.116. The minimum absolute atomic E-state index is 0.0661. The second-order valence-corrected chi connectivity index (χ2v) is 5.97. The highest BCUT2D eigenvalue weighted by Gasteiger charge is 2.11. The van der Waals surface area contributed by atoms with E-state index in [1.165, 1.54) is 0 Å². The van der Waals surface area contributed by atoms with E-state index in [1.807, 2.05) is 25.1 Å². The van der Waals surface area contributed by atoms with Crippen molar-refractivity contribution in [2.45, 2.75) is 26.7 Å². The van der Waals surface area contributed by atoms with E-state index in [-0.39, 0.29) is 18.2 Å². The van der Waals surface area contributed by atoms with Crippen LogP contribution in [0.3, 0.4) is 0 Å². The Balaban J connectivity index is 1.70. The molecule has 2 N–H and O–H groups in total. The van der Waals surface area contributed by atoms with Gasteiger partial charge in [-0.05, 0) is 36.8 Å². The van der Waals surface area contributed by atoms with Crippen molar-refractivity contribution in [1.82, 2.24) is 0 Å². The van der Waals surface area contributed by atoms with Crippen LogP contribution < -0.4 is 10.6 Å². The van der Waals surface area contributed by atoms with Crippen molar-refractivity contribution in [3.05, 3.63) is 59.9 Å². The largest absolute Gasteiger partial charge is 0.464 e. The van der Waals surface area contributed by atoms with Crippen LogP contribution in [-0.2, 0) is 16.0 Å². The van der Waals surface area contributed by atoms with E-state index in [0.717, 1.165) is 22.1 Å². The number of hydrogen-bond donors (Lipinski definition) is 2. The van der Waals surface area contributed by atoms with Crippen molar-refractivity contribution < 1.29 is 14.0 Å². The monoisotopic (exact) mass is 336 g/mol. The topological polar surface area (TPSA) is 71.3 Å². The summed E-state index contributed by atoms with van der Waals surface area (Å²) in [5, 5.41) is 6.58. The van der Waals surface area contributed by atoms with Crippen LogP contribution in [0.1, 0.15) is 24.5 Å². The van der Waals surface area contributed by atoms with Gasteiger partial charge in [0.15, 0.2) is 0 Å². The minimum Gasteiger partial charge on any atom is -0.464 e. The Bertz CT molecular complexity index is 928. The maximum atomic E-state index is 12.3. The summed E-state index contributed by atoms with van der Waals surface area (Å²) in [5.74, 6) is -0.203. The molecule has 0 saturated heterocycles. The predicted molar refractivity (Wildman–Crippen MR) is 98.6 cm³/mol. The summed E-state index contributed by atoms with van der Waals surface area (Å²) in [6.07, 6.45) is 2.26. The van der Waals surface area contributed by atoms with Gasteiger partial charge in [-0.3, -0.25) is 9.59 Å². The molecule has 0 aliphatic heterocycles. The summed E-state index contributed by atoms with van der Waals surface area (Å²) in [6, 6.07) is 13.0. The molecule has 0 aliphatic carbocycles. The second kappa shape index (κ2) is 7.21. The molecule has 0 saturated carbocycles. The number of aryl methyl sites for hydroxylation is 1. The van der Waals surface area contributed by atoms with Crippen LogP contribution in [0.2, 0.25) is 0 Å². The van der Waals surface area contributed by atoms with E-state index in [2.05, 4.69) is 10.6 Å². The Morgan fingerprint density at radius 2 is 1.72 bits per heavy atom. The van der Waals surface area contributed by atoms with Crippen molar-refractivity contribution >= 4 is 34.2 Å². The fourth-order valence-electron chi connectivity index (χ4n) is 2.63. The third-order valence-corrected chi connectivity index (χ3v) is 3.91. The van der Waals surface area contributed by atoms with Crippen LogP contribution in [-0.4, -0.2) is 11.8 Å². The lowest BCUT2D eigenvalue weighted by Crippen LogP contribution is -2.15. The highest BCUT2D eigenvalue weighted by Crippen LogP contribution is 2.23. The number of carbonyl (C=O) groups is 2. The smallest absolute Gasteiger partial charge is 0.228 e. The molecule has 25 heavy (non-hydrogen) atoms. The van der Waals surface area contributed by atoms with Crippen molar-refractivity contribution in [3.8, 4) is 0 Å². The predicted octanol–water partition coefficient (Wildman–Crippen LogP) is 4.27. The first-order chi connectivity index (χ1) is 12.0. The zero-order chi connectivity index (χ0) is 17.8. The summed E-state index contributed by atoms with van der Waals surface area (Å²) in [7, 11) is 0. The molecule has 0 radical (unpaired) electrons. The zero-order valence-corrected chi connectivity index (χ0v) is 14.3. The van der Waals surface area contributed by atoms with E-state index in [4.69, 9.17) is 4.42 Å². The van der Waals surface area contributed by atoms with Crippen LogP contribution in [0.25, 0.3) is 11.0 Å². The van der Waals surface area contributed by atoms with Gasteiger partial charge in [-0.25, -0.2) is 0 Å². The van der Waals surface area contributed by atoms with Crippen LogP contribution in [0.5, 0.6) is 0 Å². The fourth-order valence-corrected chi connectivity index (χ4v) is 2.63. The molecule has 128 valence electrons. The molecule has 2 aromatic carbocycles. The highest BCUT2D eigenvalue weighted by atomic mass is 16.3. The summed E-state index contributed by atoms with van der Waals surface area (Å²) >= 11 is 0. The summed E-state index contributed by atoms with van der Waals surface area (Å²) < 4.78 is 5.53. The van der Waals surface area contributed by atoms with Crippen LogP contribution in [0, 0.1) is 6.92 Å². The van der Waals surface area contributed by atoms with E-state index in [1.54, 1.807) is 37.5 Å². The number of benzene rings is 2. The Hall–Kier alpha value is -3.08. The van der Waals surface area contributed by atoms with Gasteiger partial charge < -0.3 is 15.1 Å². The third-order valence-electron chi connectivity index (χ3n) is 3.91. The van der Waals surface area contributed by atoms with Gasteiger partial charge in [-0.15, -0.1) is 0 Å². The van der Waals surface area contributed by atoms with E-state index in [0.29, 0.717) is 17.8 Å². The van der Waals surface area contributed by atoms with Crippen molar-refractivity contribution in [2.75, 3.05) is 10.6 Å². The number of anilines is 2. The van der Waals surface area contributed by atoms with Crippen LogP contribution >= 0.6 is 0 Å². The first kappa shape index (κ1) is 16.8. The van der Waals surface area contributed by atoms with Gasteiger partial charge in [0.25, 0.3) is 0 Å². The molecule has 3 aromatic rings. The van der Waals surface area contributed by atoms with Gasteiger partial charge in [0.05, 0.1) is 12.7 Å². The lowest BCUT2D eigenvalue weighted by Gasteiger charge is -2.08. The number of amides is 2. The quantitative estimate of drug-likeness (QED) is 0.731. The molecule has 1 heterocycles. The van der Waals surface area contributed by atoms with Crippen molar-refractivity contribution in [2.24, 2.45) is 0 Å². The van der Waals surface area contributed by atoms with E-state index in [9.17, 15) is 9.59 Å². The molecule has 1 aromatic heterocycles. The molecule has 2 amide bonds. The molecule has 5 nitrogen and oxygen atoms in total. The molecule has 3 rings (SSSR count). The fraction of sp³-hybridized carbons (Fsp3) is 0.200. The number of hydrogen-bond acceptors (Lipinski definition) is 3. The first-order valence-corrected chi connectivity index (χ1v) is 8.21. The average Bonchev–Trinajstić information content (AvgIpc) is 2.96. The van der Waals surface area contributed by atoms with Gasteiger partial charge in [0.1, 0.15) is 5.58 Å². The van der Waals surface area contributed by atoms with Crippen LogP contribution in [0.4, 0.5) is 11.4 Å². The van der Waals surface area contributed by atoms with Gasteiger partial charge in [0, 0.05) is 28.7 Å². The molecular weight excluding hydrogens is 316 g/mol. The summed E-state index contributed by atoms with van der Waals surface area (Å²) in [6.45, 7) is 3.79. The molecule has 0 bridgehead atoms. The highest BCUT2D eigenvalue weighted by molar-refractivity contribution is 5.96. The normalized spacial score (nSPS) is 10.6. The summed E-state index contributed by atoms with van der Waals surface area (Å²) in [4.78, 5) is 23.8. The number of rotatable bonds is 5. The lowest BCUT2D eigenvalue weighted by atomic mass is 10.1. The molecule has 0 unspecified atom stereocenters. The van der Waals surface area contributed by atoms with Crippen molar-refractivity contribution in [1.29, 1.82) is 0 Å². The van der Waals surface area contributed by atoms with Gasteiger partial charge in [0.2, 0.25) is 11.8 Å². The van der Waals surface area contributed by atoms with Gasteiger partial charge >= 0.3 is 0 Å². The zero-order valence-electron chi connectivity index (χ0n) is 14.3. The maximum absolute atomic E-state index is 12.3. The van der Waals surface area contributed by atoms with Gasteiger partial charge in [-0.2, -0.15) is 0 Å². The molecular formula is C20H20N2O3. The molecule has 5 heteroatoms. The Morgan fingerprint density at radius 3 is 2.44 bits per heavy atom. The minimum atomic E-state index is -0.137. The van der Waals surface area contributed by atoms with Crippen LogP contribution in [0.15, 0.2) is 53.1 Å². The molecule has 0 fully saturated rings. The van der Waals surface area contributed by atoms with Crippen molar-refractivity contribution in [3.63, 3.8) is 0 Å². The standard InChI is InChI=1S/C20H20N2O3/c1-3-19(23)21-15-5-4-6-16(11-15)22-20(24)10-14-12-25-18-9-13(2)7-8-17(14)18/h4-9,11-12H,3,10H2,1-2H3,(H,21,23)(H,22,24). The third kappa shape index (κ3) is 4.07. The van der Waals surface area contributed by atoms with E-state index >= 15 is 0 Å². The van der Waals surface area contributed by atoms with Gasteiger partial charge in [-0.1, -0.05) is 25.1 Å². The van der Waals surface area contributed by atoms with E-state index < -0.39 is 0 Å².